The molecule has 0 aliphatic carbocycles. The molecule has 7 nitrogen and oxygen atoms in total. The van der Waals surface area contributed by atoms with E-state index in [1.165, 1.54) is 0 Å². The maximum atomic E-state index is 11.9. The molecule has 2 rings (SSSR count). The van der Waals surface area contributed by atoms with Gasteiger partial charge < -0.3 is 15.0 Å². The van der Waals surface area contributed by atoms with Gasteiger partial charge in [-0.15, -0.1) is 0 Å². The Morgan fingerprint density at radius 2 is 1.78 bits per heavy atom. The zero-order valence-electron chi connectivity index (χ0n) is 10.2. The predicted molar refractivity (Wildman–Crippen MR) is 61.6 cm³/mol. The van der Waals surface area contributed by atoms with E-state index >= 15 is 0 Å². The summed E-state index contributed by atoms with van der Waals surface area (Å²) in [5, 5.41) is 3.16. The Morgan fingerprint density at radius 3 is 2.39 bits per heavy atom. The Balaban J connectivity index is 1.80. The van der Waals surface area contributed by atoms with Crippen LogP contribution in [0.4, 0.5) is 0 Å². The average Bonchev–Trinajstić information content (AvgIpc) is 2.39. The summed E-state index contributed by atoms with van der Waals surface area (Å²) in [4.78, 5) is 37.6. The van der Waals surface area contributed by atoms with Gasteiger partial charge in [-0.3, -0.25) is 19.3 Å². The summed E-state index contributed by atoms with van der Waals surface area (Å²) in [5.41, 5.74) is 0. The van der Waals surface area contributed by atoms with Crippen molar-refractivity contribution in [1.82, 2.24) is 15.1 Å². The van der Waals surface area contributed by atoms with Gasteiger partial charge in [-0.2, -0.15) is 0 Å². The van der Waals surface area contributed by atoms with Gasteiger partial charge in [-0.25, -0.2) is 0 Å². The van der Waals surface area contributed by atoms with Crippen molar-refractivity contribution in [3.05, 3.63) is 0 Å². The zero-order chi connectivity index (χ0) is 13.0. The first-order chi connectivity index (χ1) is 8.68. The van der Waals surface area contributed by atoms with Crippen LogP contribution in [-0.2, 0) is 19.1 Å². The highest BCUT2D eigenvalue weighted by molar-refractivity contribution is 5.98. The molecule has 0 unspecified atom stereocenters. The van der Waals surface area contributed by atoms with Crippen LogP contribution in [0.25, 0.3) is 0 Å². The van der Waals surface area contributed by atoms with E-state index in [2.05, 4.69) is 5.32 Å². The molecule has 3 amide bonds. The van der Waals surface area contributed by atoms with E-state index in [1.54, 1.807) is 4.90 Å². The average molecular weight is 255 g/mol. The molecule has 100 valence electrons. The second kappa shape index (κ2) is 5.92. The molecule has 0 aromatic rings. The van der Waals surface area contributed by atoms with Crippen LogP contribution in [0.3, 0.4) is 0 Å². The Labute approximate surface area is 105 Å². The standard InChI is InChI=1S/C11H17N3O4/c15-9(13-5-2-12-3-6-13)1-4-14-10(16)7-18-8-11(14)17/h12H,1-8H2. The summed E-state index contributed by atoms with van der Waals surface area (Å²) < 4.78 is 4.80. The van der Waals surface area contributed by atoms with Gasteiger partial charge in [0.1, 0.15) is 13.2 Å². The number of carbonyl (C=O) groups excluding carboxylic acids is 3. The number of nitrogens with zero attached hydrogens (tertiary/aromatic N) is 2. The summed E-state index contributed by atoms with van der Waals surface area (Å²) in [7, 11) is 0. The first-order valence-corrected chi connectivity index (χ1v) is 6.08. The van der Waals surface area contributed by atoms with E-state index in [-0.39, 0.29) is 43.9 Å². The summed E-state index contributed by atoms with van der Waals surface area (Å²) in [6, 6.07) is 0. The summed E-state index contributed by atoms with van der Waals surface area (Å²) in [6.07, 6.45) is 0.192. The lowest BCUT2D eigenvalue weighted by Gasteiger charge is -2.29. The van der Waals surface area contributed by atoms with Crippen LogP contribution in [0.2, 0.25) is 0 Å². The Bertz CT molecular complexity index is 336. The number of nitrogens with one attached hydrogen (secondary N) is 1. The molecule has 0 bridgehead atoms. The third-order valence-electron chi connectivity index (χ3n) is 3.07. The molecule has 2 aliphatic heterocycles. The van der Waals surface area contributed by atoms with Gasteiger partial charge in [-0.05, 0) is 0 Å². The molecular weight excluding hydrogens is 238 g/mol. The lowest BCUT2D eigenvalue weighted by molar-refractivity contribution is -0.158. The molecule has 0 aromatic heterocycles. The van der Waals surface area contributed by atoms with Crippen molar-refractivity contribution in [2.24, 2.45) is 0 Å². The first-order valence-electron chi connectivity index (χ1n) is 6.08. The third-order valence-corrected chi connectivity index (χ3v) is 3.07. The van der Waals surface area contributed by atoms with Crippen LogP contribution >= 0.6 is 0 Å². The highest BCUT2D eigenvalue weighted by Crippen LogP contribution is 2.04. The minimum atomic E-state index is -0.362. The quantitative estimate of drug-likeness (QED) is 0.602. The number of morpholine rings is 1. The molecule has 2 saturated heterocycles. The molecule has 0 atom stereocenters. The number of ether oxygens (including phenoxy) is 1. The SMILES string of the molecule is O=C(CCN1C(=O)COCC1=O)N1CCNCC1. The Hall–Kier alpha value is -1.47. The van der Waals surface area contributed by atoms with Gasteiger partial charge in [0.2, 0.25) is 5.91 Å². The molecule has 2 aliphatic rings. The summed E-state index contributed by atoms with van der Waals surface area (Å²) >= 11 is 0. The van der Waals surface area contributed by atoms with Crippen LogP contribution in [0.5, 0.6) is 0 Å². The smallest absolute Gasteiger partial charge is 0.255 e. The molecular formula is C11H17N3O4. The molecule has 1 N–H and O–H groups in total. The van der Waals surface area contributed by atoms with Gasteiger partial charge >= 0.3 is 0 Å². The monoisotopic (exact) mass is 255 g/mol. The lowest BCUT2D eigenvalue weighted by Crippen LogP contribution is -2.49. The maximum absolute atomic E-state index is 11.9. The predicted octanol–water partition coefficient (Wildman–Crippen LogP) is -1.81. The van der Waals surface area contributed by atoms with E-state index in [9.17, 15) is 14.4 Å². The molecule has 2 fully saturated rings. The van der Waals surface area contributed by atoms with Crippen molar-refractivity contribution in [3.63, 3.8) is 0 Å². The van der Waals surface area contributed by atoms with Gasteiger partial charge in [-0.1, -0.05) is 0 Å². The third kappa shape index (κ3) is 3.05. The van der Waals surface area contributed by atoms with Crippen LogP contribution in [0.1, 0.15) is 6.42 Å². The van der Waals surface area contributed by atoms with E-state index < -0.39 is 0 Å². The zero-order valence-corrected chi connectivity index (χ0v) is 10.2. The van der Waals surface area contributed by atoms with Crippen molar-refractivity contribution < 1.29 is 19.1 Å². The van der Waals surface area contributed by atoms with Crippen molar-refractivity contribution >= 4 is 17.7 Å². The highest BCUT2D eigenvalue weighted by atomic mass is 16.5. The van der Waals surface area contributed by atoms with Crippen LogP contribution in [0.15, 0.2) is 0 Å². The number of rotatable bonds is 3. The fourth-order valence-electron chi connectivity index (χ4n) is 2.05. The summed E-state index contributed by atoms with van der Waals surface area (Å²) in [6.45, 7) is 2.96. The molecule has 2 heterocycles. The number of hydrogen-bond donors (Lipinski definition) is 1. The van der Waals surface area contributed by atoms with Crippen LogP contribution in [0, 0.1) is 0 Å². The lowest BCUT2D eigenvalue weighted by atomic mass is 10.2. The topological polar surface area (TPSA) is 79.0 Å². The van der Waals surface area contributed by atoms with E-state index in [0.717, 1.165) is 18.0 Å². The molecule has 0 radical (unpaired) electrons. The maximum Gasteiger partial charge on any atom is 0.255 e. The second-order valence-electron chi connectivity index (χ2n) is 4.31. The molecule has 0 aromatic carbocycles. The fourth-order valence-corrected chi connectivity index (χ4v) is 2.05. The normalized spacial score (nSPS) is 21.3. The summed E-state index contributed by atoms with van der Waals surface area (Å²) in [5.74, 6) is -0.734. The number of amides is 3. The minimum absolute atomic E-state index is 0.0106. The van der Waals surface area contributed by atoms with Gasteiger partial charge in [0.25, 0.3) is 11.8 Å². The van der Waals surface area contributed by atoms with E-state index in [4.69, 9.17) is 4.74 Å². The van der Waals surface area contributed by atoms with Gasteiger partial charge in [0.05, 0.1) is 0 Å². The largest absolute Gasteiger partial charge is 0.362 e. The van der Waals surface area contributed by atoms with Crippen molar-refractivity contribution in [3.8, 4) is 0 Å². The minimum Gasteiger partial charge on any atom is -0.362 e. The Kier molecular flexibility index (Phi) is 4.27. The first kappa shape index (κ1) is 13.0. The molecule has 0 saturated carbocycles. The van der Waals surface area contributed by atoms with Gasteiger partial charge in [0.15, 0.2) is 0 Å². The van der Waals surface area contributed by atoms with Crippen molar-refractivity contribution in [2.75, 3.05) is 45.9 Å². The fraction of sp³-hybridized carbons (Fsp3) is 0.727. The van der Waals surface area contributed by atoms with Crippen molar-refractivity contribution in [1.29, 1.82) is 0 Å². The molecule has 0 spiro atoms. The molecule has 7 heteroatoms. The second-order valence-corrected chi connectivity index (χ2v) is 4.31. The Morgan fingerprint density at radius 1 is 1.17 bits per heavy atom. The highest BCUT2D eigenvalue weighted by Gasteiger charge is 2.27. The van der Waals surface area contributed by atoms with Crippen LogP contribution in [-0.4, -0.2) is 73.5 Å². The molecule has 18 heavy (non-hydrogen) atoms. The number of piperazine rings is 1. The van der Waals surface area contributed by atoms with E-state index in [1.807, 2.05) is 0 Å². The van der Waals surface area contributed by atoms with Gasteiger partial charge in [0, 0.05) is 39.1 Å². The van der Waals surface area contributed by atoms with E-state index in [0.29, 0.717) is 13.1 Å². The van der Waals surface area contributed by atoms with Crippen molar-refractivity contribution in [2.45, 2.75) is 6.42 Å². The number of carbonyl (C=O) groups is 3. The van der Waals surface area contributed by atoms with Crippen LogP contribution < -0.4 is 5.32 Å². The number of imide groups is 1. The number of hydrogen-bond acceptors (Lipinski definition) is 5.